The van der Waals surface area contributed by atoms with Crippen LogP contribution in [-0.2, 0) is 0 Å². The predicted molar refractivity (Wildman–Crippen MR) is 110 cm³/mol. The van der Waals surface area contributed by atoms with Gasteiger partial charge in [-0.3, -0.25) is 9.69 Å². The molecule has 0 spiro atoms. The number of rotatable bonds is 6. The second-order valence-corrected chi connectivity index (χ2v) is 8.31. The first kappa shape index (κ1) is 18.9. The Morgan fingerprint density at radius 2 is 2.00 bits per heavy atom. The summed E-state index contributed by atoms with van der Waals surface area (Å²) in [6.45, 7) is 5.02. The first-order chi connectivity index (χ1) is 12.4. The standard InChI is InChI=1S/C19H23N3O2S2/c1-12-10-15(13(2)24-12)18(23)22(9-8-21(3)4)19-20-16-7-6-14(25-5)11-17(16)26-19/h6-7,10-11H,8-9H2,1-5H3. The van der Waals surface area contributed by atoms with Crippen LogP contribution in [0.1, 0.15) is 21.9 Å². The number of amides is 1. The lowest BCUT2D eigenvalue weighted by Gasteiger charge is -2.21. The Morgan fingerprint density at radius 3 is 2.62 bits per heavy atom. The molecule has 0 aliphatic rings. The van der Waals surface area contributed by atoms with E-state index in [9.17, 15) is 4.79 Å². The van der Waals surface area contributed by atoms with Gasteiger partial charge in [0, 0.05) is 18.0 Å². The molecule has 2 heterocycles. The summed E-state index contributed by atoms with van der Waals surface area (Å²) in [5, 5.41) is 0.725. The molecule has 3 aromatic rings. The molecule has 2 aromatic heterocycles. The fraction of sp³-hybridized carbons (Fsp3) is 0.368. The van der Waals surface area contributed by atoms with Crippen molar-refractivity contribution in [2.45, 2.75) is 18.7 Å². The van der Waals surface area contributed by atoms with Gasteiger partial charge in [-0.25, -0.2) is 4.98 Å². The lowest BCUT2D eigenvalue weighted by atomic mass is 10.2. The minimum Gasteiger partial charge on any atom is -0.466 e. The van der Waals surface area contributed by atoms with Gasteiger partial charge in [-0.15, -0.1) is 11.8 Å². The van der Waals surface area contributed by atoms with E-state index in [0.717, 1.165) is 27.7 Å². The number of furan rings is 1. The summed E-state index contributed by atoms with van der Waals surface area (Å²) < 4.78 is 6.65. The number of aromatic nitrogens is 1. The highest BCUT2D eigenvalue weighted by Gasteiger charge is 2.24. The number of fused-ring (bicyclic) bond motifs is 1. The van der Waals surface area contributed by atoms with Gasteiger partial charge in [-0.05, 0) is 58.5 Å². The molecule has 0 bridgehead atoms. The fourth-order valence-corrected chi connectivity index (χ4v) is 4.25. The van der Waals surface area contributed by atoms with Crippen LogP contribution in [0.3, 0.4) is 0 Å². The smallest absolute Gasteiger partial charge is 0.263 e. The minimum atomic E-state index is -0.0645. The van der Waals surface area contributed by atoms with E-state index in [4.69, 9.17) is 9.40 Å². The molecular formula is C19H23N3O2S2. The molecule has 26 heavy (non-hydrogen) atoms. The third-order valence-electron chi connectivity index (χ3n) is 4.10. The Morgan fingerprint density at radius 1 is 1.23 bits per heavy atom. The molecule has 0 fully saturated rings. The Hall–Kier alpha value is -1.83. The average molecular weight is 390 g/mol. The number of carbonyl (C=O) groups excluding carboxylic acids is 1. The van der Waals surface area contributed by atoms with Crippen molar-refractivity contribution in [1.29, 1.82) is 0 Å². The maximum Gasteiger partial charge on any atom is 0.263 e. The number of hydrogen-bond donors (Lipinski definition) is 0. The van der Waals surface area contributed by atoms with Crippen molar-refractivity contribution < 1.29 is 9.21 Å². The van der Waals surface area contributed by atoms with Crippen LogP contribution in [0.25, 0.3) is 10.2 Å². The largest absolute Gasteiger partial charge is 0.466 e. The molecule has 7 heteroatoms. The molecule has 5 nitrogen and oxygen atoms in total. The summed E-state index contributed by atoms with van der Waals surface area (Å²) in [7, 11) is 4.00. The first-order valence-corrected chi connectivity index (χ1v) is 10.4. The van der Waals surface area contributed by atoms with Crippen molar-refractivity contribution in [1.82, 2.24) is 9.88 Å². The van der Waals surface area contributed by atoms with Crippen molar-refractivity contribution in [2.24, 2.45) is 0 Å². The highest BCUT2D eigenvalue weighted by Crippen LogP contribution is 2.32. The Balaban J connectivity index is 2.00. The lowest BCUT2D eigenvalue weighted by molar-refractivity contribution is 0.0983. The number of anilines is 1. The number of nitrogens with zero attached hydrogens (tertiary/aromatic N) is 3. The number of benzene rings is 1. The molecule has 0 aliphatic heterocycles. The number of carbonyl (C=O) groups is 1. The zero-order valence-electron chi connectivity index (χ0n) is 15.7. The van der Waals surface area contributed by atoms with E-state index in [1.807, 2.05) is 34.0 Å². The molecule has 1 amide bonds. The number of likely N-dealkylation sites (N-methyl/N-ethyl adjacent to an activating group) is 1. The van der Waals surface area contributed by atoms with Crippen LogP contribution < -0.4 is 4.90 Å². The lowest BCUT2D eigenvalue weighted by Crippen LogP contribution is -2.36. The quantitative estimate of drug-likeness (QED) is 0.584. The Kier molecular flexibility index (Phi) is 5.70. The van der Waals surface area contributed by atoms with E-state index in [2.05, 4.69) is 23.3 Å². The first-order valence-electron chi connectivity index (χ1n) is 8.37. The molecule has 0 aliphatic carbocycles. The van der Waals surface area contributed by atoms with Gasteiger partial charge in [-0.2, -0.15) is 0 Å². The van der Waals surface area contributed by atoms with E-state index in [-0.39, 0.29) is 5.91 Å². The molecule has 0 saturated heterocycles. The molecule has 138 valence electrons. The number of aryl methyl sites for hydroxylation is 2. The van der Waals surface area contributed by atoms with Crippen molar-refractivity contribution in [3.8, 4) is 0 Å². The topological polar surface area (TPSA) is 49.6 Å². The highest BCUT2D eigenvalue weighted by molar-refractivity contribution is 7.98. The predicted octanol–water partition coefficient (Wildman–Crippen LogP) is 4.44. The maximum absolute atomic E-state index is 13.2. The molecule has 3 rings (SSSR count). The van der Waals surface area contributed by atoms with Gasteiger partial charge >= 0.3 is 0 Å². The molecular weight excluding hydrogens is 366 g/mol. The summed E-state index contributed by atoms with van der Waals surface area (Å²) in [5.74, 6) is 1.32. The Labute approximate surface area is 162 Å². The SMILES string of the molecule is CSc1ccc2nc(N(CCN(C)C)C(=O)c3cc(C)oc3C)sc2c1. The molecule has 0 atom stereocenters. The van der Waals surface area contributed by atoms with Crippen LogP contribution >= 0.6 is 23.1 Å². The van der Waals surface area contributed by atoms with Crippen LogP contribution in [0, 0.1) is 13.8 Å². The van der Waals surface area contributed by atoms with Gasteiger partial charge in [0.1, 0.15) is 11.5 Å². The van der Waals surface area contributed by atoms with Crippen LogP contribution in [0.5, 0.6) is 0 Å². The van der Waals surface area contributed by atoms with E-state index < -0.39 is 0 Å². The molecule has 0 unspecified atom stereocenters. The second kappa shape index (κ2) is 7.82. The summed E-state index contributed by atoms with van der Waals surface area (Å²) in [5.41, 5.74) is 1.52. The summed E-state index contributed by atoms with van der Waals surface area (Å²) >= 11 is 3.26. The summed E-state index contributed by atoms with van der Waals surface area (Å²) in [4.78, 5) is 22.9. The molecule has 1 aromatic carbocycles. The van der Waals surface area contributed by atoms with Crippen LogP contribution in [0.15, 0.2) is 33.6 Å². The Bertz CT molecular complexity index is 930. The fourth-order valence-electron chi connectivity index (χ4n) is 2.71. The van der Waals surface area contributed by atoms with Gasteiger partial charge in [0.15, 0.2) is 5.13 Å². The maximum atomic E-state index is 13.2. The van der Waals surface area contributed by atoms with Crippen LogP contribution in [0.2, 0.25) is 0 Å². The van der Waals surface area contributed by atoms with Gasteiger partial charge < -0.3 is 9.32 Å². The normalized spacial score (nSPS) is 11.5. The van der Waals surface area contributed by atoms with E-state index in [1.54, 1.807) is 34.1 Å². The van der Waals surface area contributed by atoms with E-state index >= 15 is 0 Å². The average Bonchev–Trinajstić information content (AvgIpc) is 3.16. The van der Waals surface area contributed by atoms with E-state index in [1.165, 1.54) is 4.90 Å². The van der Waals surface area contributed by atoms with Crippen LogP contribution in [0.4, 0.5) is 5.13 Å². The minimum absolute atomic E-state index is 0.0645. The number of thioether (sulfide) groups is 1. The monoisotopic (exact) mass is 389 g/mol. The van der Waals surface area contributed by atoms with Crippen molar-refractivity contribution >= 4 is 44.4 Å². The summed E-state index contributed by atoms with van der Waals surface area (Å²) in [6, 6.07) is 8.01. The van der Waals surface area contributed by atoms with Crippen molar-refractivity contribution in [2.75, 3.05) is 38.3 Å². The molecule has 0 radical (unpaired) electrons. The molecule has 0 saturated carbocycles. The van der Waals surface area contributed by atoms with Crippen molar-refractivity contribution in [3.05, 3.63) is 41.3 Å². The van der Waals surface area contributed by atoms with Gasteiger partial charge in [-0.1, -0.05) is 11.3 Å². The zero-order chi connectivity index (χ0) is 18.8. The van der Waals surface area contributed by atoms with Crippen LogP contribution in [-0.4, -0.2) is 49.2 Å². The third kappa shape index (κ3) is 3.95. The van der Waals surface area contributed by atoms with Gasteiger partial charge in [0.05, 0.1) is 15.8 Å². The third-order valence-corrected chi connectivity index (χ3v) is 5.87. The van der Waals surface area contributed by atoms with Crippen molar-refractivity contribution in [3.63, 3.8) is 0 Å². The number of hydrogen-bond acceptors (Lipinski definition) is 6. The summed E-state index contributed by atoms with van der Waals surface area (Å²) in [6.07, 6.45) is 2.06. The zero-order valence-corrected chi connectivity index (χ0v) is 17.3. The highest BCUT2D eigenvalue weighted by atomic mass is 32.2. The van der Waals surface area contributed by atoms with E-state index in [0.29, 0.717) is 17.9 Å². The molecule has 0 N–H and O–H groups in total. The van der Waals surface area contributed by atoms with Gasteiger partial charge in [0.25, 0.3) is 5.91 Å². The van der Waals surface area contributed by atoms with Gasteiger partial charge in [0.2, 0.25) is 0 Å². The number of thiazole rings is 1. The second-order valence-electron chi connectivity index (χ2n) is 6.42.